The van der Waals surface area contributed by atoms with E-state index in [-0.39, 0.29) is 17.2 Å². The Morgan fingerprint density at radius 1 is 1.17 bits per heavy atom. The van der Waals surface area contributed by atoms with Gasteiger partial charge in [-0.1, -0.05) is 43.0 Å². The molecule has 0 aliphatic carbocycles. The smallest absolute Gasteiger partial charge is 0.262 e. The van der Waals surface area contributed by atoms with Crippen molar-refractivity contribution in [2.75, 3.05) is 24.8 Å². The lowest BCUT2D eigenvalue weighted by Crippen LogP contribution is -2.25. The van der Waals surface area contributed by atoms with E-state index in [1.54, 1.807) is 17.7 Å². The van der Waals surface area contributed by atoms with Crippen LogP contribution in [0.4, 0.5) is 5.69 Å². The number of para-hydroxylation sites is 1. The minimum Gasteiger partial charge on any atom is -0.385 e. The van der Waals surface area contributed by atoms with Crippen LogP contribution in [0.2, 0.25) is 0 Å². The van der Waals surface area contributed by atoms with Gasteiger partial charge in [-0.3, -0.25) is 14.2 Å². The molecule has 0 bridgehead atoms. The van der Waals surface area contributed by atoms with Crippen LogP contribution in [0.3, 0.4) is 0 Å². The van der Waals surface area contributed by atoms with Gasteiger partial charge in [-0.05, 0) is 42.7 Å². The van der Waals surface area contributed by atoms with Gasteiger partial charge in [0.2, 0.25) is 5.91 Å². The third kappa shape index (κ3) is 5.46. The Hall–Kier alpha value is -2.64. The number of benzene rings is 2. The number of carbonyl (C=O) groups is 1. The predicted octanol–water partition coefficient (Wildman–Crippen LogP) is 3.73. The van der Waals surface area contributed by atoms with Crippen molar-refractivity contribution in [3.05, 3.63) is 64.4 Å². The van der Waals surface area contributed by atoms with Gasteiger partial charge in [0.05, 0.1) is 16.7 Å². The van der Waals surface area contributed by atoms with Crippen molar-refractivity contribution in [2.24, 2.45) is 0 Å². The van der Waals surface area contributed by atoms with Gasteiger partial charge in [-0.25, -0.2) is 4.98 Å². The summed E-state index contributed by atoms with van der Waals surface area (Å²) in [5.41, 5.74) is 2.53. The first-order chi connectivity index (χ1) is 14.1. The molecule has 1 N–H and O–H groups in total. The van der Waals surface area contributed by atoms with Crippen LogP contribution in [0.15, 0.2) is 58.5 Å². The van der Waals surface area contributed by atoms with Gasteiger partial charge in [0.1, 0.15) is 0 Å². The fraction of sp³-hybridized carbons (Fsp3) is 0.318. The van der Waals surface area contributed by atoms with Gasteiger partial charge in [0.15, 0.2) is 5.16 Å². The zero-order chi connectivity index (χ0) is 20.6. The summed E-state index contributed by atoms with van der Waals surface area (Å²) >= 11 is 1.27. The first kappa shape index (κ1) is 21.1. The Kier molecular flexibility index (Phi) is 7.43. The largest absolute Gasteiger partial charge is 0.385 e. The molecule has 0 saturated heterocycles. The van der Waals surface area contributed by atoms with Gasteiger partial charge in [0.25, 0.3) is 5.56 Å². The zero-order valence-corrected chi connectivity index (χ0v) is 17.5. The van der Waals surface area contributed by atoms with Crippen molar-refractivity contribution >= 4 is 34.3 Å². The quantitative estimate of drug-likeness (QED) is 0.330. The van der Waals surface area contributed by atoms with E-state index in [0.29, 0.717) is 35.6 Å². The van der Waals surface area contributed by atoms with E-state index in [4.69, 9.17) is 4.74 Å². The molecular formula is C22H25N3O3S. The molecule has 1 heterocycles. The maximum Gasteiger partial charge on any atom is 0.262 e. The van der Waals surface area contributed by atoms with Gasteiger partial charge in [-0.15, -0.1) is 0 Å². The Morgan fingerprint density at radius 2 is 1.93 bits per heavy atom. The topological polar surface area (TPSA) is 73.2 Å². The number of fused-ring (bicyclic) bond motifs is 1. The lowest BCUT2D eigenvalue weighted by molar-refractivity contribution is -0.113. The summed E-state index contributed by atoms with van der Waals surface area (Å²) in [5.74, 6) is 0.0370. The second-order valence-corrected chi connectivity index (χ2v) is 7.54. The first-order valence-corrected chi connectivity index (χ1v) is 10.6. The third-order valence-electron chi connectivity index (χ3n) is 4.54. The average Bonchev–Trinajstić information content (AvgIpc) is 2.74. The van der Waals surface area contributed by atoms with Crippen LogP contribution in [0.25, 0.3) is 10.9 Å². The van der Waals surface area contributed by atoms with E-state index in [0.717, 1.165) is 12.1 Å². The van der Waals surface area contributed by atoms with Gasteiger partial charge in [0, 0.05) is 25.9 Å². The molecule has 0 spiro atoms. The molecule has 0 fully saturated rings. The summed E-state index contributed by atoms with van der Waals surface area (Å²) in [6.07, 6.45) is 1.65. The summed E-state index contributed by atoms with van der Waals surface area (Å²) in [6.45, 7) is 3.14. The van der Waals surface area contributed by atoms with Crippen molar-refractivity contribution < 1.29 is 9.53 Å². The number of thioether (sulfide) groups is 1. The molecule has 29 heavy (non-hydrogen) atoms. The highest BCUT2D eigenvalue weighted by Crippen LogP contribution is 2.19. The number of methoxy groups -OCH3 is 1. The molecule has 3 rings (SSSR count). The molecule has 1 aromatic heterocycles. The minimum atomic E-state index is -0.134. The van der Waals surface area contributed by atoms with Crippen LogP contribution in [0.5, 0.6) is 0 Å². The van der Waals surface area contributed by atoms with Crippen LogP contribution in [-0.2, 0) is 22.5 Å². The number of amides is 1. The molecular weight excluding hydrogens is 386 g/mol. The molecule has 0 saturated carbocycles. The molecule has 0 radical (unpaired) electrons. The van der Waals surface area contributed by atoms with Crippen LogP contribution in [-0.4, -0.2) is 34.9 Å². The molecule has 0 aliphatic rings. The van der Waals surface area contributed by atoms with Crippen LogP contribution in [0.1, 0.15) is 18.9 Å². The molecule has 152 valence electrons. The molecule has 6 nitrogen and oxygen atoms in total. The summed E-state index contributed by atoms with van der Waals surface area (Å²) in [4.78, 5) is 29.9. The van der Waals surface area contributed by atoms with Gasteiger partial charge in [-0.2, -0.15) is 0 Å². The second kappa shape index (κ2) is 10.2. The number of rotatable bonds is 9. The Labute approximate surface area is 174 Å². The highest BCUT2D eigenvalue weighted by molar-refractivity contribution is 7.99. The molecule has 7 heteroatoms. The van der Waals surface area contributed by atoms with Crippen LogP contribution < -0.4 is 10.9 Å². The fourth-order valence-corrected chi connectivity index (χ4v) is 3.80. The van der Waals surface area contributed by atoms with E-state index in [9.17, 15) is 9.59 Å². The molecule has 1 amide bonds. The molecule has 0 unspecified atom stereocenters. The summed E-state index contributed by atoms with van der Waals surface area (Å²) in [5, 5.41) is 4.01. The fourth-order valence-electron chi connectivity index (χ4n) is 2.97. The number of nitrogens with one attached hydrogen (secondary N) is 1. The summed E-state index contributed by atoms with van der Waals surface area (Å²) < 4.78 is 6.74. The Bertz CT molecular complexity index is 1030. The van der Waals surface area contributed by atoms with Crippen LogP contribution >= 0.6 is 11.8 Å². The minimum absolute atomic E-state index is 0.0928. The number of hydrogen-bond donors (Lipinski definition) is 1. The van der Waals surface area contributed by atoms with Crippen molar-refractivity contribution in [3.63, 3.8) is 0 Å². The zero-order valence-electron chi connectivity index (χ0n) is 16.7. The highest BCUT2D eigenvalue weighted by Gasteiger charge is 2.13. The van der Waals surface area contributed by atoms with Crippen molar-refractivity contribution in [2.45, 2.75) is 31.5 Å². The number of ether oxygens (including phenoxy) is 1. The summed E-state index contributed by atoms with van der Waals surface area (Å²) in [6, 6.07) is 15.1. The standard InChI is InChI=1S/C22H25N3O3S/c1-3-16-9-11-17(12-10-16)23-20(26)15-29-22-24-19-8-5-4-7-18(19)21(27)25(22)13-6-14-28-2/h4-5,7-12H,3,6,13-15H2,1-2H3,(H,23,26). The van der Waals surface area contributed by atoms with E-state index >= 15 is 0 Å². The van der Waals surface area contributed by atoms with E-state index in [1.165, 1.54) is 17.3 Å². The maximum atomic E-state index is 12.9. The third-order valence-corrected chi connectivity index (χ3v) is 5.51. The van der Waals surface area contributed by atoms with Crippen molar-refractivity contribution in [1.82, 2.24) is 9.55 Å². The van der Waals surface area contributed by atoms with E-state index < -0.39 is 0 Å². The monoisotopic (exact) mass is 411 g/mol. The molecule has 0 aliphatic heterocycles. The van der Waals surface area contributed by atoms with Gasteiger partial charge < -0.3 is 10.1 Å². The van der Waals surface area contributed by atoms with Crippen molar-refractivity contribution in [3.8, 4) is 0 Å². The number of carbonyl (C=O) groups excluding carboxylic acids is 1. The number of aryl methyl sites for hydroxylation is 1. The second-order valence-electron chi connectivity index (χ2n) is 6.60. The molecule has 2 aromatic carbocycles. The van der Waals surface area contributed by atoms with Crippen LogP contribution in [0, 0.1) is 0 Å². The predicted molar refractivity (Wildman–Crippen MR) is 118 cm³/mol. The Balaban J connectivity index is 1.75. The number of aromatic nitrogens is 2. The SMILES string of the molecule is CCc1ccc(NC(=O)CSc2nc3ccccc3c(=O)n2CCCOC)cc1. The number of hydrogen-bond acceptors (Lipinski definition) is 5. The number of nitrogens with zero attached hydrogens (tertiary/aromatic N) is 2. The molecule has 3 aromatic rings. The summed E-state index contributed by atoms with van der Waals surface area (Å²) in [7, 11) is 1.63. The highest BCUT2D eigenvalue weighted by atomic mass is 32.2. The Morgan fingerprint density at radius 3 is 2.66 bits per heavy atom. The molecule has 0 atom stereocenters. The lowest BCUT2D eigenvalue weighted by Gasteiger charge is -2.13. The normalized spacial score (nSPS) is 11.0. The lowest BCUT2D eigenvalue weighted by atomic mass is 10.1. The number of anilines is 1. The average molecular weight is 412 g/mol. The van der Waals surface area contributed by atoms with Crippen molar-refractivity contribution in [1.29, 1.82) is 0 Å². The first-order valence-electron chi connectivity index (χ1n) is 9.62. The van der Waals surface area contributed by atoms with E-state index in [2.05, 4.69) is 17.2 Å². The maximum absolute atomic E-state index is 12.9. The van der Waals surface area contributed by atoms with Gasteiger partial charge >= 0.3 is 0 Å². The van der Waals surface area contributed by atoms with E-state index in [1.807, 2.05) is 42.5 Å².